The van der Waals surface area contributed by atoms with Crippen LogP contribution in [0.15, 0.2) is 23.1 Å². The molecule has 1 fully saturated rings. The molecule has 3 N–H and O–H groups in total. The zero-order valence-corrected chi connectivity index (χ0v) is 13.0. The Morgan fingerprint density at radius 2 is 2.19 bits per heavy atom. The largest absolute Gasteiger partial charge is 0.497 e. The van der Waals surface area contributed by atoms with Crippen molar-refractivity contribution in [3.63, 3.8) is 0 Å². The summed E-state index contributed by atoms with van der Waals surface area (Å²) in [5, 5.41) is 9.13. The van der Waals surface area contributed by atoms with Crippen molar-refractivity contribution in [3.05, 3.63) is 18.2 Å². The number of methoxy groups -OCH3 is 1. The Labute approximate surface area is 125 Å². The average Bonchev–Trinajstić information content (AvgIpc) is 2.47. The van der Waals surface area contributed by atoms with Crippen molar-refractivity contribution >= 4 is 15.7 Å². The Hall–Kier alpha value is -1.31. The topological polar surface area (TPSA) is 92.9 Å². The van der Waals surface area contributed by atoms with Crippen LogP contribution >= 0.6 is 0 Å². The van der Waals surface area contributed by atoms with Gasteiger partial charge in [-0.25, -0.2) is 8.42 Å². The van der Waals surface area contributed by atoms with Crippen molar-refractivity contribution in [2.24, 2.45) is 0 Å². The van der Waals surface area contributed by atoms with Crippen molar-refractivity contribution in [1.82, 2.24) is 4.31 Å². The number of aliphatic hydroxyl groups excluding tert-OH is 1. The van der Waals surface area contributed by atoms with Gasteiger partial charge >= 0.3 is 0 Å². The van der Waals surface area contributed by atoms with Crippen LogP contribution in [0.3, 0.4) is 0 Å². The summed E-state index contributed by atoms with van der Waals surface area (Å²) in [7, 11) is -2.14. The van der Waals surface area contributed by atoms with Gasteiger partial charge in [0, 0.05) is 25.3 Å². The zero-order valence-electron chi connectivity index (χ0n) is 12.2. The minimum Gasteiger partial charge on any atom is -0.497 e. The summed E-state index contributed by atoms with van der Waals surface area (Å²) in [4.78, 5) is 0.105. The van der Waals surface area contributed by atoms with E-state index in [9.17, 15) is 8.42 Å². The van der Waals surface area contributed by atoms with Gasteiger partial charge in [0.25, 0.3) is 0 Å². The number of nitrogens with two attached hydrogens (primary N) is 1. The molecule has 21 heavy (non-hydrogen) atoms. The maximum absolute atomic E-state index is 12.8. The Bertz CT molecular complexity index is 587. The second-order valence-electron chi connectivity index (χ2n) is 5.18. The fourth-order valence-electron chi connectivity index (χ4n) is 2.74. The third-order valence-electron chi connectivity index (χ3n) is 3.84. The lowest BCUT2D eigenvalue weighted by Gasteiger charge is -2.34. The molecule has 0 aromatic heterocycles. The fraction of sp³-hybridized carbons (Fsp3) is 0.571. The van der Waals surface area contributed by atoms with Crippen molar-refractivity contribution < 1.29 is 18.3 Å². The number of sulfonamides is 1. The van der Waals surface area contributed by atoms with E-state index in [4.69, 9.17) is 15.6 Å². The molecule has 2 rings (SSSR count). The number of anilines is 1. The number of nitrogens with zero attached hydrogens (tertiary/aromatic N) is 1. The van der Waals surface area contributed by atoms with Crippen molar-refractivity contribution in [3.8, 4) is 5.75 Å². The smallest absolute Gasteiger partial charge is 0.245 e. The van der Waals surface area contributed by atoms with Crippen LogP contribution in [0.1, 0.15) is 25.7 Å². The minimum atomic E-state index is -3.65. The summed E-state index contributed by atoms with van der Waals surface area (Å²) in [5.74, 6) is 0.525. The third-order valence-corrected chi connectivity index (χ3v) is 5.86. The van der Waals surface area contributed by atoms with Crippen LogP contribution in [0.5, 0.6) is 5.75 Å². The van der Waals surface area contributed by atoms with Gasteiger partial charge in [0.15, 0.2) is 0 Å². The second-order valence-corrected chi connectivity index (χ2v) is 7.04. The number of benzene rings is 1. The highest BCUT2D eigenvalue weighted by atomic mass is 32.2. The first-order valence-corrected chi connectivity index (χ1v) is 8.51. The van der Waals surface area contributed by atoms with Gasteiger partial charge in [0.2, 0.25) is 10.0 Å². The molecule has 1 aliphatic rings. The monoisotopic (exact) mass is 314 g/mol. The van der Waals surface area contributed by atoms with Crippen molar-refractivity contribution in [1.29, 1.82) is 0 Å². The summed E-state index contributed by atoms with van der Waals surface area (Å²) >= 11 is 0. The Balaban J connectivity index is 2.35. The molecule has 1 saturated heterocycles. The molecule has 1 aromatic rings. The lowest BCUT2D eigenvalue weighted by molar-refractivity contribution is 0.192. The van der Waals surface area contributed by atoms with Gasteiger partial charge in [-0.1, -0.05) is 6.42 Å². The fourth-order valence-corrected chi connectivity index (χ4v) is 4.56. The van der Waals surface area contributed by atoms with E-state index in [0.29, 0.717) is 18.7 Å². The maximum atomic E-state index is 12.8. The van der Waals surface area contributed by atoms with Gasteiger partial charge in [0.05, 0.1) is 12.8 Å². The number of hydrogen-bond donors (Lipinski definition) is 2. The van der Waals surface area contributed by atoms with E-state index in [1.807, 2.05) is 0 Å². The second kappa shape index (κ2) is 6.64. The molecule has 0 amide bonds. The first-order chi connectivity index (χ1) is 10.0. The van der Waals surface area contributed by atoms with E-state index < -0.39 is 10.0 Å². The Morgan fingerprint density at radius 3 is 2.81 bits per heavy atom. The van der Waals surface area contributed by atoms with E-state index in [1.165, 1.54) is 23.5 Å². The molecule has 1 aromatic carbocycles. The number of aliphatic hydroxyl groups is 1. The molecule has 6 nitrogen and oxygen atoms in total. The molecule has 0 radical (unpaired) electrons. The summed E-state index contributed by atoms with van der Waals surface area (Å²) in [6.45, 7) is 0.452. The molecule has 1 unspecified atom stereocenters. The van der Waals surface area contributed by atoms with Gasteiger partial charge in [-0.3, -0.25) is 0 Å². The number of hydrogen-bond acceptors (Lipinski definition) is 5. The molecule has 1 atom stereocenters. The highest BCUT2D eigenvalue weighted by Gasteiger charge is 2.34. The zero-order chi connectivity index (χ0) is 15.5. The van der Waals surface area contributed by atoms with E-state index in [-0.39, 0.29) is 23.2 Å². The van der Waals surface area contributed by atoms with Crippen LogP contribution in [0.25, 0.3) is 0 Å². The van der Waals surface area contributed by atoms with Gasteiger partial charge in [-0.15, -0.1) is 0 Å². The molecule has 0 spiro atoms. The van der Waals surface area contributed by atoms with Gasteiger partial charge < -0.3 is 15.6 Å². The van der Waals surface area contributed by atoms with Crippen LogP contribution < -0.4 is 10.5 Å². The lowest BCUT2D eigenvalue weighted by atomic mass is 10.0. The predicted octanol–water partition coefficient (Wildman–Crippen LogP) is 1.20. The van der Waals surface area contributed by atoms with E-state index in [0.717, 1.165) is 19.3 Å². The highest BCUT2D eigenvalue weighted by molar-refractivity contribution is 7.89. The van der Waals surface area contributed by atoms with Gasteiger partial charge in [-0.2, -0.15) is 4.31 Å². The lowest BCUT2D eigenvalue weighted by Crippen LogP contribution is -2.44. The predicted molar refractivity (Wildman–Crippen MR) is 80.6 cm³/mol. The number of rotatable bonds is 5. The van der Waals surface area contributed by atoms with Crippen molar-refractivity contribution in [2.45, 2.75) is 36.6 Å². The van der Waals surface area contributed by atoms with E-state index in [2.05, 4.69) is 0 Å². The summed E-state index contributed by atoms with van der Waals surface area (Å²) in [5.41, 5.74) is 6.06. The first-order valence-electron chi connectivity index (χ1n) is 7.07. The number of ether oxygens (including phenoxy) is 1. The number of piperidine rings is 1. The summed E-state index contributed by atoms with van der Waals surface area (Å²) < 4.78 is 32.2. The Kier molecular flexibility index (Phi) is 5.08. The van der Waals surface area contributed by atoms with E-state index >= 15 is 0 Å². The molecule has 7 heteroatoms. The molecule has 1 heterocycles. The SMILES string of the molecule is COc1ccc(S(=O)(=O)N2CCCCC2CCO)c(N)c1. The average molecular weight is 314 g/mol. The van der Waals surface area contributed by atoms with Crippen LogP contribution in [0, 0.1) is 0 Å². The summed E-state index contributed by atoms with van der Waals surface area (Å²) in [6, 6.07) is 4.43. The highest BCUT2D eigenvalue weighted by Crippen LogP contribution is 2.31. The molecular weight excluding hydrogens is 292 g/mol. The quantitative estimate of drug-likeness (QED) is 0.797. The summed E-state index contributed by atoms with van der Waals surface area (Å²) in [6.07, 6.45) is 3.04. The van der Waals surface area contributed by atoms with Crippen LogP contribution in [-0.4, -0.2) is 44.1 Å². The van der Waals surface area contributed by atoms with Crippen LogP contribution in [0.4, 0.5) is 5.69 Å². The molecule has 0 aliphatic carbocycles. The van der Waals surface area contributed by atoms with E-state index in [1.54, 1.807) is 6.07 Å². The van der Waals surface area contributed by atoms with Crippen LogP contribution in [0.2, 0.25) is 0 Å². The standard InChI is InChI=1S/C14H22N2O4S/c1-20-12-5-6-14(13(15)10-12)21(18,19)16-8-3-2-4-11(16)7-9-17/h5-6,10-11,17H,2-4,7-9,15H2,1H3. The minimum absolute atomic E-state index is 0.0191. The Morgan fingerprint density at radius 1 is 1.43 bits per heavy atom. The normalized spacial score (nSPS) is 20.4. The van der Waals surface area contributed by atoms with Gasteiger partial charge in [0.1, 0.15) is 10.6 Å². The third kappa shape index (κ3) is 3.30. The molecule has 1 aliphatic heterocycles. The molecule has 0 bridgehead atoms. The molecule has 0 saturated carbocycles. The van der Waals surface area contributed by atoms with Gasteiger partial charge in [-0.05, 0) is 31.4 Å². The number of nitrogen functional groups attached to an aromatic ring is 1. The van der Waals surface area contributed by atoms with Crippen LogP contribution in [-0.2, 0) is 10.0 Å². The first kappa shape index (κ1) is 16.1. The maximum Gasteiger partial charge on any atom is 0.245 e. The molecular formula is C14H22N2O4S. The van der Waals surface area contributed by atoms with Crippen molar-refractivity contribution in [2.75, 3.05) is 26.0 Å². The molecule has 118 valence electrons.